The maximum absolute atomic E-state index is 11.4. The van der Waals surface area contributed by atoms with E-state index in [4.69, 9.17) is 14.6 Å². The number of carbonyl (C=O) groups is 2. The monoisotopic (exact) mass is 260 g/mol. The number of esters is 1. The van der Waals surface area contributed by atoms with E-state index < -0.39 is 24.5 Å². The van der Waals surface area contributed by atoms with Crippen LogP contribution in [0.15, 0.2) is 0 Å². The Bertz CT molecular complexity index is 276. The van der Waals surface area contributed by atoms with Gasteiger partial charge in [0.15, 0.2) is 0 Å². The van der Waals surface area contributed by atoms with Gasteiger partial charge in [0, 0.05) is 12.5 Å². The van der Waals surface area contributed by atoms with Crippen molar-refractivity contribution in [1.29, 1.82) is 0 Å². The number of hydrogen-bond donors (Lipinski definition) is 2. The van der Waals surface area contributed by atoms with E-state index in [1.807, 2.05) is 0 Å². The predicted octanol–water partition coefficient (Wildman–Crippen LogP) is 1.09. The van der Waals surface area contributed by atoms with E-state index >= 15 is 0 Å². The van der Waals surface area contributed by atoms with Crippen molar-refractivity contribution in [3.8, 4) is 0 Å². The summed E-state index contributed by atoms with van der Waals surface area (Å²) in [7, 11) is 0. The molecule has 0 aromatic heterocycles. The fourth-order valence-corrected chi connectivity index (χ4v) is 0.895. The first kappa shape index (κ1) is 16.7. The van der Waals surface area contributed by atoms with Crippen molar-refractivity contribution < 1.29 is 24.2 Å². The second-order valence-electron chi connectivity index (χ2n) is 4.64. The van der Waals surface area contributed by atoms with Gasteiger partial charge in [-0.25, -0.2) is 4.79 Å². The fourth-order valence-electron chi connectivity index (χ4n) is 0.895. The third-order valence-corrected chi connectivity index (χ3v) is 1.95. The third kappa shape index (κ3) is 7.11. The summed E-state index contributed by atoms with van der Waals surface area (Å²) in [5.74, 6) is -0.888. The molecule has 2 atom stereocenters. The minimum atomic E-state index is -0.943. The zero-order valence-electron chi connectivity index (χ0n) is 11.3. The van der Waals surface area contributed by atoms with E-state index in [2.05, 4.69) is 12.2 Å². The van der Waals surface area contributed by atoms with Crippen LogP contribution in [-0.4, -0.2) is 36.1 Å². The van der Waals surface area contributed by atoms with Gasteiger partial charge in [-0.15, -0.1) is 0 Å². The molecular formula is C12H22NO5. The van der Waals surface area contributed by atoms with Gasteiger partial charge < -0.3 is 19.9 Å². The van der Waals surface area contributed by atoms with Crippen LogP contribution in [0.3, 0.4) is 0 Å². The summed E-state index contributed by atoms with van der Waals surface area (Å²) in [6.07, 6.45) is -2.61. The van der Waals surface area contributed by atoms with Gasteiger partial charge in [0.25, 0.3) is 6.29 Å². The van der Waals surface area contributed by atoms with Crippen molar-refractivity contribution in [3.63, 3.8) is 0 Å². The van der Waals surface area contributed by atoms with Gasteiger partial charge in [0.2, 0.25) is 0 Å². The molecule has 0 fully saturated rings. The van der Waals surface area contributed by atoms with Crippen LogP contribution in [0, 0.1) is 18.8 Å². The second-order valence-corrected chi connectivity index (χ2v) is 4.64. The quantitative estimate of drug-likeness (QED) is 0.551. The van der Waals surface area contributed by atoms with Crippen molar-refractivity contribution in [3.05, 3.63) is 6.92 Å². The molecule has 0 saturated carbocycles. The molecule has 1 amide bonds. The SMILES string of the molecule is [CH2][C@H](O)CNC(=O)O[C@H](OC(=O)C(C)C)C(C)C. The standard InChI is InChI=1S/C12H22NO5/c1-7(2)10(15)17-11(8(3)4)18-12(16)13-6-9(5)14/h7-9,11,14H,5-6H2,1-4H3,(H,13,16)/t9-,11-/m0/s1. The van der Waals surface area contributed by atoms with E-state index in [0.29, 0.717) is 0 Å². The Labute approximate surface area is 108 Å². The Morgan fingerprint density at radius 2 is 1.78 bits per heavy atom. The largest absolute Gasteiger partial charge is 0.425 e. The average Bonchev–Trinajstić information content (AvgIpc) is 2.24. The minimum Gasteiger partial charge on any atom is -0.425 e. The molecule has 6 nitrogen and oxygen atoms in total. The van der Waals surface area contributed by atoms with Crippen LogP contribution in [0.4, 0.5) is 4.79 Å². The van der Waals surface area contributed by atoms with E-state index in [0.717, 1.165) is 0 Å². The Morgan fingerprint density at radius 1 is 1.22 bits per heavy atom. The lowest BCUT2D eigenvalue weighted by Gasteiger charge is -2.22. The Morgan fingerprint density at radius 3 is 2.17 bits per heavy atom. The molecule has 0 spiro atoms. The number of ether oxygens (including phenoxy) is 2. The molecule has 0 aliphatic heterocycles. The molecule has 0 heterocycles. The summed E-state index contributed by atoms with van der Waals surface area (Å²) in [5.41, 5.74) is 0. The molecule has 18 heavy (non-hydrogen) atoms. The zero-order valence-corrected chi connectivity index (χ0v) is 11.3. The highest BCUT2D eigenvalue weighted by molar-refractivity contribution is 5.72. The minimum absolute atomic E-state index is 0.0260. The van der Waals surface area contributed by atoms with E-state index in [1.165, 1.54) is 0 Å². The van der Waals surface area contributed by atoms with Gasteiger partial charge in [0.05, 0.1) is 12.0 Å². The van der Waals surface area contributed by atoms with Gasteiger partial charge in [-0.1, -0.05) is 27.7 Å². The van der Waals surface area contributed by atoms with Crippen LogP contribution < -0.4 is 5.32 Å². The van der Waals surface area contributed by atoms with Crippen molar-refractivity contribution in [1.82, 2.24) is 5.32 Å². The molecule has 105 valence electrons. The maximum Gasteiger partial charge on any atom is 0.410 e. The van der Waals surface area contributed by atoms with Crippen LogP contribution in [-0.2, 0) is 14.3 Å². The highest BCUT2D eigenvalue weighted by Gasteiger charge is 2.24. The van der Waals surface area contributed by atoms with Crippen molar-refractivity contribution in [2.45, 2.75) is 40.1 Å². The van der Waals surface area contributed by atoms with Crippen molar-refractivity contribution in [2.24, 2.45) is 11.8 Å². The van der Waals surface area contributed by atoms with Crippen LogP contribution in [0.5, 0.6) is 0 Å². The number of alkyl carbamates (subject to hydrolysis) is 1. The number of aliphatic hydroxyl groups is 1. The average molecular weight is 260 g/mol. The Hall–Kier alpha value is -1.30. The molecule has 0 rings (SSSR count). The van der Waals surface area contributed by atoms with Gasteiger partial charge in [0.1, 0.15) is 0 Å². The number of hydrogen-bond acceptors (Lipinski definition) is 5. The first-order chi connectivity index (χ1) is 8.23. The molecule has 0 saturated heterocycles. The highest BCUT2D eigenvalue weighted by atomic mass is 16.7. The first-order valence-corrected chi connectivity index (χ1v) is 5.90. The summed E-state index contributed by atoms with van der Waals surface area (Å²) >= 11 is 0. The smallest absolute Gasteiger partial charge is 0.410 e. The van der Waals surface area contributed by atoms with E-state index in [9.17, 15) is 9.59 Å². The molecule has 1 radical (unpaired) electrons. The number of carbonyl (C=O) groups excluding carboxylic acids is 2. The topological polar surface area (TPSA) is 84.9 Å². The molecule has 0 unspecified atom stereocenters. The van der Waals surface area contributed by atoms with Gasteiger partial charge in [-0.3, -0.25) is 4.79 Å². The number of aliphatic hydroxyl groups excluding tert-OH is 1. The predicted molar refractivity (Wildman–Crippen MR) is 65.4 cm³/mol. The molecule has 0 bridgehead atoms. The number of amides is 1. The fraction of sp³-hybridized carbons (Fsp3) is 0.750. The van der Waals surface area contributed by atoms with Crippen LogP contribution >= 0.6 is 0 Å². The summed E-state index contributed by atoms with van der Waals surface area (Å²) in [6, 6.07) is 0. The van der Waals surface area contributed by atoms with Gasteiger partial charge in [-0.05, 0) is 6.92 Å². The molecular weight excluding hydrogens is 238 g/mol. The van der Waals surface area contributed by atoms with E-state index in [1.54, 1.807) is 27.7 Å². The molecule has 0 aromatic carbocycles. The molecule has 0 aromatic rings. The molecule has 0 aliphatic rings. The number of rotatable bonds is 6. The molecule has 6 heteroatoms. The van der Waals surface area contributed by atoms with Crippen molar-refractivity contribution in [2.75, 3.05) is 6.54 Å². The highest BCUT2D eigenvalue weighted by Crippen LogP contribution is 2.11. The van der Waals surface area contributed by atoms with Gasteiger partial charge in [-0.2, -0.15) is 0 Å². The van der Waals surface area contributed by atoms with Crippen LogP contribution in [0.2, 0.25) is 0 Å². The lowest BCUT2D eigenvalue weighted by Crippen LogP contribution is -2.37. The van der Waals surface area contributed by atoms with E-state index in [-0.39, 0.29) is 18.4 Å². The lowest BCUT2D eigenvalue weighted by atomic mass is 10.2. The Balaban J connectivity index is 4.27. The summed E-state index contributed by atoms with van der Waals surface area (Å²) < 4.78 is 10.0. The zero-order chi connectivity index (χ0) is 14.3. The summed E-state index contributed by atoms with van der Waals surface area (Å²) in [5, 5.41) is 11.2. The first-order valence-electron chi connectivity index (χ1n) is 5.90. The maximum atomic E-state index is 11.4. The molecule has 2 N–H and O–H groups in total. The number of nitrogens with one attached hydrogen (secondary N) is 1. The van der Waals surface area contributed by atoms with Crippen molar-refractivity contribution >= 4 is 12.1 Å². The summed E-state index contributed by atoms with van der Waals surface area (Å²) in [6.45, 7) is 10.2. The lowest BCUT2D eigenvalue weighted by molar-refractivity contribution is -0.178. The second kappa shape index (κ2) is 7.92. The van der Waals surface area contributed by atoms with Crippen LogP contribution in [0.25, 0.3) is 0 Å². The van der Waals surface area contributed by atoms with Gasteiger partial charge >= 0.3 is 12.1 Å². The Kier molecular flexibility index (Phi) is 7.35. The molecule has 0 aliphatic carbocycles. The summed E-state index contributed by atoms with van der Waals surface area (Å²) in [4.78, 5) is 22.8. The van der Waals surface area contributed by atoms with Crippen LogP contribution in [0.1, 0.15) is 27.7 Å². The third-order valence-electron chi connectivity index (χ3n) is 1.95. The normalized spacial score (nSPS) is 14.2.